The molecule has 0 aliphatic heterocycles. The van der Waals surface area contributed by atoms with E-state index in [-0.39, 0.29) is 0 Å². The summed E-state index contributed by atoms with van der Waals surface area (Å²) in [5.74, 6) is 0. The highest BCUT2D eigenvalue weighted by Crippen LogP contribution is 2.16. The lowest BCUT2D eigenvalue weighted by molar-refractivity contribution is 1.26. The summed E-state index contributed by atoms with van der Waals surface area (Å²) in [5.41, 5.74) is 6.57. The van der Waals surface area contributed by atoms with Crippen molar-refractivity contribution in [3.05, 3.63) is 35.9 Å². The molecule has 0 aliphatic rings. The third-order valence-electron chi connectivity index (χ3n) is 1.54. The Morgan fingerprint density at radius 2 is 2.33 bits per heavy atom. The molecule has 1 aromatic carbocycles. The quantitative estimate of drug-likeness (QED) is 0.721. The average molecular weight is 179 g/mol. The summed E-state index contributed by atoms with van der Waals surface area (Å²) < 4.78 is 0. The number of thioether (sulfide) groups is 1. The fraction of sp³-hybridized carbons (Fsp3) is 0.200. The second kappa shape index (κ2) is 5.01. The van der Waals surface area contributed by atoms with Gasteiger partial charge in [-0.05, 0) is 24.0 Å². The molecule has 0 fully saturated rings. The minimum absolute atomic E-state index is 0.601. The van der Waals surface area contributed by atoms with Gasteiger partial charge in [0, 0.05) is 11.4 Å². The highest BCUT2D eigenvalue weighted by molar-refractivity contribution is 7.98. The van der Waals surface area contributed by atoms with Crippen LogP contribution in [-0.4, -0.2) is 12.8 Å². The molecule has 0 atom stereocenters. The zero-order chi connectivity index (χ0) is 8.81. The van der Waals surface area contributed by atoms with Crippen LogP contribution in [0, 0.1) is 0 Å². The molecule has 0 unspecified atom stereocenters. The second-order valence-electron chi connectivity index (χ2n) is 2.41. The maximum absolute atomic E-state index is 5.35. The Morgan fingerprint density at radius 1 is 1.50 bits per heavy atom. The molecular formula is C10H13NS. The van der Waals surface area contributed by atoms with Gasteiger partial charge in [0.15, 0.2) is 0 Å². The van der Waals surface area contributed by atoms with Gasteiger partial charge in [0.05, 0.1) is 0 Å². The molecule has 1 aromatic rings. The molecule has 2 N–H and O–H groups in total. The van der Waals surface area contributed by atoms with Gasteiger partial charge in [-0.1, -0.05) is 24.3 Å². The van der Waals surface area contributed by atoms with E-state index in [1.807, 2.05) is 12.2 Å². The molecule has 0 bridgehead atoms. The molecular weight excluding hydrogens is 166 g/mol. The van der Waals surface area contributed by atoms with Crippen molar-refractivity contribution in [2.24, 2.45) is 5.73 Å². The molecule has 0 aliphatic carbocycles. The van der Waals surface area contributed by atoms with E-state index < -0.39 is 0 Å². The van der Waals surface area contributed by atoms with Gasteiger partial charge in [0.25, 0.3) is 0 Å². The Balaban J connectivity index is 2.79. The normalized spacial score (nSPS) is 10.8. The van der Waals surface area contributed by atoms with Crippen molar-refractivity contribution in [1.82, 2.24) is 0 Å². The van der Waals surface area contributed by atoms with Crippen LogP contribution < -0.4 is 5.73 Å². The molecule has 0 amide bonds. The van der Waals surface area contributed by atoms with Crippen molar-refractivity contribution in [1.29, 1.82) is 0 Å². The van der Waals surface area contributed by atoms with E-state index >= 15 is 0 Å². The summed E-state index contributed by atoms with van der Waals surface area (Å²) in [6.07, 6.45) is 6.07. The largest absolute Gasteiger partial charge is 0.327 e. The Labute approximate surface area is 77.7 Å². The first-order valence-electron chi connectivity index (χ1n) is 3.87. The number of hydrogen-bond acceptors (Lipinski definition) is 2. The topological polar surface area (TPSA) is 26.0 Å². The van der Waals surface area contributed by atoms with E-state index in [0.717, 1.165) is 0 Å². The predicted octanol–water partition coefficient (Wildman–Crippen LogP) is 2.38. The summed E-state index contributed by atoms with van der Waals surface area (Å²) in [7, 11) is 0. The third-order valence-corrected chi connectivity index (χ3v) is 2.27. The van der Waals surface area contributed by atoms with Crippen LogP contribution in [0.5, 0.6) is 0 Å². The van der Waals surface area contributed by atoms with Crippen LogP contribution >= 0.6 is 11.8 Å². The lowest BCUT2D eigenvalue weighted by Gasteiger charge is -1.96. The van der Waals surface area contributed by atoms with E-state index in [9.17, 15) is 0 Å². The van der Waals surface area contributed by atoms with Crippen LogP contribution in [0.15, 0.2) is 35.2 Å². The summed E-state index contributed by atoms with van der Waals surface area (Å²) in [6, 6.07) is 8.38. The Bertz CT molecular complexity index is 268. The fourth-order valence-electron chi connectivity index (χ4n) is 0.949. The molecule has 12 heavy (non-hydrogen) atoms. The Hall–Kier alpha value is -0.730. The molecule has 2 heteroatoms. The van der Waals surface area contributed by atoms with Crippen molar-refractivity contribution in [3.63, 3.8) is 0 Å². The van der Waals surface area contributed by atoms with Crippen LogP contribution in [0.2, 0.25) is 0 Å². The number of hydrogen-bond donors (Lipinski definition) is 1. The van der Waals surface area contributed by atoms with Gasteiger partial charge in [-0.2, -0.15) is 0 Å². The van der Waals surface area contributed by atoms with Crippen molar-refractivity contribution in [2.75, 3.05) is 12.8 Å². The third kappa shape index (κ3) is 2.72. The molecule has 64 valence electrons. The molecule has 0 saturated carbocycles. The van der Waals surface area contributed by atoms with E-state index in [0.29, 0.717) is 6.54 Å². The van der Waals surface area contributed by atoms with Gasteiger partial charge >= 0.3 is 0 Å². The molecule has 0 radical (unpaired) electrons. The average Bonchev–Trinajstić information content (AvgIpc) is 2.15. The zero-order valence-electron chi connectivity index (χ0n) is 7.16. The number of nitrogens with two attached hydrogens (primary N) is 1. The molecule has 0 heterocycles. The molecule has 0 saturated heterocycles. The maximum Gasteiger partial charge on any atom is 0.0110 e. The van der Waals surface area contributed by atoms with Gasteiger partial charge in [-0.15, -0.1) is 11.8 Å². The fourth-order valence-corrected chi connectivity index (χ4v) is 1.42. The number of benzene rings is 1. The molecule has 1 nitrogen and oxygen atoms in total. The van der Waals surface area contributed by atoms with Crippen LogP contribution in [0.25, 0.3) is 6.08 Å². The lowest BCUT2D eigenvalue weighted by atomic mass is 10.2. The van der Waals surface area contributed by atoms with Crippen molar-refractivity contribution < 1.29 is 0 Å². The Kier molecular flexibility index (Phi) is 3.91. The van der Waals surface area contributed by atoms with E-state index in [1.54, 1.807) is 11.8 Å². The monoisotopic (exact) mass is 179 g/mol. The van der Waals surface area contributed by atoms with Gasteiger partial charge in [-0.25, -0.2) is 0 Å². The first-order valence-corrected chi connectivity index (χ1v) is 5.10. The number of rotatable bonds is 3. The van der Waals surface area contributed by atoms with E-state index in [2.05, 4.69) is 30.5 Å². The summed E-state index contributed by atoms with van der Waals surface area (Å²) in [5, 5.41) is 0. The minimum Gasteiger partial charge on any atom is -0.327 e. The summed E-state index contributed by atoms with van der Waals surface area (Å²) in [6.45, 7) is 0.601. The minimum atomic E-state index is 0.601. The van der Waals surface area contributed by atoms with Crippen molar-refractivity contribution in [3.8, 4) is 0 Å². The van der Waals surface area contributed by atoms with E-state index in [4.69, 9.17) is 5.73 Å². The zero-order valence-corrected chi connectivity index (χ0v) is 7.97. The molecule has 0 spiro atoms. The standard InChI is InChI=1S/C10H13NS/c1-12-10-6-2-4-9(8-10)5-3-7-11/h2-6,8H,7,11H2,1H3/b5-3+. The first-order chi connectivity index (χ1) is 5.86. The van der Waals surface area contributed by atoms with Gasteiger partial charge < -0.3 is 5.73 Å². The van der Waals surface area contributed by atoms with Gasteiger partial charge in [0.1, 0.15) is 0 Å². The highest BCUT2D eigenvalue weighted by Gasteiger charge is 1.89. The van der Waals surface area contributed by atoms with Crippen molar-refractivity contribution in [2.45, 2.75) is 4.90 Å². The van der Waals surface area contributed by atoms with Gasteiger partial charge in [-0.3, -0.25) is 0 Å². The second-order valence-corrected chi connectivity index (χ2v) is 3.29. The SMILES string of the molecule is CSc1cccc(/C=C/CN)c1. The lowest BCUT2D eigenvalue weighted by Crippen LogP contribution is -1.91. The first kappa shape index (κ1) is 9.36. The molecule has 1 rings (SSSR count). The smallest absolute Gasteiger partial charge is 0.0110 e. The van der Waals surface area contributed by atoms with Crippen LogP contribution in [0.3, 0.4) is 0 Å². The van der Waals surface area contributed by atoms with Crippen molar-refractivity contribution >= 4 is 17.8 Å². The summed E-state index contributed by atoms with van der Waals surface area (Å²) in [4.78, 5) is 1.29. The maximum atomic E-state index is 5.35. The Morgan fingerprint density at radius 3 is 3.00 bits per heavy atom. The van der Waals surface area contributed by atoms with Crippen LogP contribution in [-0.2, 0) is 0 Å². The predicted molar refractivity (Wildman–Crippen MR) is 56.3 cm³/mol. The van der Waals surface area contributed by atoms with Crippen LogP contribution in [0.1, 0.15) is 5.56 Å². The van der Waals surface area contributed by atoms with E-state index in [1.165, 1.54) is 10.5 Å². The summed E-state index contributed by atoms with van der Waals surface area (Å²) >= 11 is 1.75. The highest BCUT2D eigenvalue weighted by atomic mass is 32.2. The van der Waals surface area contributed by atoms with Crippen LogP contribution in [0.4, 0.5) is 0 Å². The van der Waals surface area contributed by atoms with Gasteiger partial charge in [0.2, 0.25) is 0 Å². The molecule has 0 aromatic heterocycles.